The number of ether oxygens (including phenoxy) is 1. The van der Waals surface area contributed by atoms with Crippen LogP contribution in [-0.4, -0.2) is 40.0 Å². The Morgan fingerprint density at radius 1 is 1.36 bits per heavy atom. The molecular formula is C19H20N4O2. The zero-order valence-electron chi connectivity index (χ0n) is 14.1. The molecule has 1 aromatic heterocycles. The van der Waals surface area contributed by atoms with Crippen molar-refractivity contribution >= 4 is 5.91 Å². The molecule has 0 aliphatic carbocycles. The molecule has 1 saturated heterocycles. The van der Waals surface area contributed by atoms with Crippen LogP contribution in [0, 0.1) is 11.3 Å². The molecule has 0 N–H and O–H groups in total. The van der Waals surface area contributed by atoms with Crippen molar-refractivity contribution in [2.45, 2.75) is 31.8 Å². The molecule has 128 valence electrons. The maximum atomic E-state index is 12.9. The summed E-state index contributed by atoms with van der Waals surface area (Å²) in [5.41, 5.74) is 1.21. The zero-order chi connectivity index (χ0) is 17.6. The van der Waals surface area contributed by atoms with Gasteiger partial charge in [-0.05, 0) is 12.0 Å². The second kappa shape index (κ2) is 7.75. The van der Waals surface area contributed by atoms with Crippen LogP contribution in [0.15, 0.2) is 42.7 Å². The number of rotatable bonds is 5. The minimum atomic E-state index is -0.166. The number of carbonyl (C=O) groups is 1. The quantitative estimate of drug-likeness (QED) is 0.838. The van der Waals surface area contributed by atoms with Crippen molar-refractivity contribution in [2.75, 3.05) is 13.1 Å². The van der Waals surface area contributed by atoms with Crippen molar-refractivity contribution in [1.29, 1.82) is 5.26 Å². The molecule has 1 fully saturated rings. The highest BCUT2D eigenvalue weighted by atomic mass is 16.5. The fraction of sp³-hybridized carbons (Fsp3) is 0.368. The SMILES string of the molecule is CC[C@H](C(=O)N1CC[C@@H](Oc2nccnc2C#N)C1)c1ccccc1. The number of carbonyl (C=O) groups excluding carboxylic acids is 1. The first-order valence-electron chi connectivity index (χ1n) is 8.44. The summed E-state index contributed by atoms with van der Waals surface area (Å²) in [6.45, 7) is 3.18. The van der Waals surface area contributed by atoms with E-state index in [1.807, 2.05) is 48.2 Å². The molecule has 6 heteroatoms. The Morgan fingerprint density at radius 3 is 2.84 bits per heavy atom. The lowest BCUT2D eigenvalue weighted by Crippen LogP contribution is -2.34. The number of hydrogen-bond donors (Lipinski definition) is 0. The van der Waals surface area contributed by atoms with Gasteiger partial charge in [0.15, 0.2) is 0 Å². The van der Waals surface area contributed by atoms with E-state index >= 15 is 0 Å². The molecule has 25 heavy (non-hydrogen) atoms. The second-order valence-electron chi connectivity index (χ2n) is 6.01. The molecule has 2 atom stereocenters. The summed E-state index contributed by atoms with van der Waals surface area (Å²) >= 11 is 0. The van der Waals surface area contributed by atoms with Gasteiger partial charge in [0, 0.05) is 25.4 Å². The first-order chi connectivity index (χ1) is 12.2. The lowest BCUT2D eigenvalue weighted by molar-refractivity contribution is -0.132. The Balaban J connectivity index is 1.66. The molecule has 0 spiro atoms. The summed E-state index contributed by atoms with van der Waals surface area (Å²) < 4.78 is 5.81. The van der Waals surface area contributed by atoms with Gasteiger partial charge in [0.25, 0.3) is 5.88 Å². The molecule has 3 rings (SSSR count). The highest BCUT2D eigenvalue weighted by molar-refractivity contribution is 5.84. The molecule has 0 bridgehead atoms. The first kappa shape index (κ1) is 16.9. The number of nitrogens with zero attached hydrogens (tertiary/aromatic N) is 4. The van der Waals surface area contributed by atoms with E-state index in [4.69, 9.17) is 10.00 Å². The van der Waals surface area contributed by atoms with Gasteiger partial charge in [0.1, 0.15) is 12.2 Å². The first-order valence-corrected chi connectivity index (χ1v) is 8.44. The molecule has 1 aliphatic heterocycles. The fourth-order valence-electron chi connectivity index (χ4n) is 3.13. The van der Waals surface area contributed by atoms with Crippen LogP contribution in [0.3, 0.4) is 0 Å². The summed E-state index contributed by atoms with van der Waals surface area (Å²) in [4.78, 5) is 22.7. The van der Waals surface area contributed by atoms with Gasteiger partial charge >= 0.3 is 0 Å². The van der Waals surface area contributed by atoms with Crippen LogP contribution in [0.2, 0.25) is 0 Å². The van der Waals surface area contributed by atoms with Gasteiger partial charge in [-0.15, -0.1) is 0 Å². The van der Waals surface area contributed by atoms with Crippen molar-refractivity contribution in [3.63, 3.8) is 0 Å². The molecule has 2 aromatic rings. The Morgan fingerprint density at radius 2 is 2.12 bits per heavy atom. The zero-order valence-corrected chi connectivity index (χ0v) is 14.1. The molecule has 1 aliphatic rings. The van der Waals surface area contributed by atoms with Gasteiger partial charge in [0.05, 0.1) is 12.5 Å². The van der Waals surface area contributed by atoms with E-state index in [9.17, 15) is 4.79 Å². The van der Waals surface area contributed by atoms with E-state index in [1.165, 1.54) is 12.4 Å². The minimum Gasteiger partial charge on any atom is -0.470 e. The van der Waals surface area contributed by atoms with Gasteiger partial charge < -0.3 is 9.64 Å². The van der Waals surface area contributed by atoms with Crippen LogP contribution in [0.25, 0.3) is 0 Å². The molecule has 6 nitrogen and oxygen atoms in total. The van der Waals surface area contributed by atoms with E-state index in [0.29, 0.717) is 13.1 Å². The molecule has 0 radical (unpaired) electrons. The summed E-state index contributed by atoms with van der Waals surface area (Å²) in [7, 11) is 0. The molecule has 1 aromatic carbocycles. The van der Waals surface area contributed by atoms with Crippen LogP contribution < -0.4 is 4.74 Å². The van der Waals surface area contributed by atoms with E-state index in [0.717, 1.165) is 18.4 Å². The van der Waals surface area contributed by atoms with Gasteiger partial charge in [0.2, 0.25) is 11.6 Å². The Kier molecular flexibility index (Phi) is 5.24. The predicted octanol–water partition coefficient (Wildman–Crippen LogP) is 2.52. The minimum absolute atomic E-state index is 0.124. The van der Waals surface area contributed by atoms with E-state index < -0.39 is 0 Å². The number of likely N-dealkylation sites (tertiary alicyclic amines) is 1. The average molecular weight is 336 g/mol. The molecular weight excluding hydrogens is 316 g/mol. The van der Waals surface area contributed by atoms with E-state index in [-0.39, 0.29) is 29.5 Å². The van der Waals surface area contributed by atoms with Gasteiger partial charge in [-0.2, -0.15) is 5.26 Å². The highest BCUT2D eigenvalue weighted by Gasteiger charge is 2.32. The van der Waals surface area contributed by atoms with E-state index in [1.54, 1.807) is 0 Å². The lowest BCUT2D eigenvalue weighted by atomic mass is 9.95. The summed E-state index contributed by atoms with van der Waals surface area (Å²) in [5, 5.41) is 9.07. The maximum Gasteiger partial charge on any atom is 0.251 e. The van der Waals surface area contributed by atoms with E-state index in [2.05, 4.69) is 9.97 Å². The van der Waals surface area contributed by atoms with Gasteiger partial charge in [-0.1, -0.05) is 37.3 Å². The third-order valence-electron chi connectivity index (χ3n) is 4.41. The third kappa shape index (κ3) is 3.77. The van der Waals surface area contributed by atoms with Crippen LogP contribution in [-0.2, 0) is 4.79 Å². The van der Waals surface area contributed by atoms with Crippen molar-refractivity contribution in [1.82, 2.24) is 14.9 Å². The number of aromatic nitrogens is 2. The lowest BCUT2D eigenvalue weighted by Gasteiger charge is -2.23. The molecule has 2 heterocycles. The number of hydrogen-bond acceptors (Lipinski definition) is 5. The van der Waals surface area contributed by atoms with Crippen LogP contribution in [0.4, 0.5) is 0 Å². The summed E-state index contributed by atoms with van der Waals surface area (Å²) in [5.74, 6) is 0.227. The number of benzene rings is 1. The van der Waals surface area contributed by atoms with Crippen molar-refractivity contribution < 1.29 is 9.53 Å². The summed E-state index contributed by atoms with van der Waals surface area (Å²) in [6.07, 6.45) is 4.27. The maximum absolute atomic E-state index is 12.9. The number of nitriles is 1. The van der Waals surface area contributed by atoms with Crippen LogP contribution in [0.1, 0.15) is 36.9 Å². The fourth-order valence-corrected chi connectivity index (χ4v) is 3.13. The molecule has 0 unspecified atom stereocenters. The van der Waals surface area contributed by atoms with Crippen LogP contribution in [0.5, 0.6) is 5.88 Å². The topological polar surface area (TPSA) is 79.1 Å². The Labute approximate surface area is 147 Å². The second-order valence-corrected chi connectivity index (χ2v) is 6.01. The van der Waals surface area contributed by atoms with Gasteiger partial charge in [-0.25, -0.2) is 9.97 Å². The highest BCUT2D eigenvalue weighted by Crippen LogP contribution is 2.25. The average Bonchev–Trinajstić information content (AvgIpc) is 3.12. The predicted molar refractivity (Wildman–Crippen MR) is 91.8 cm³/mol. The Bertz CT molecular complexity index is 772. The summed E-state index contributed by atoms with van der Waals surface area (Å²) in [6, 6.07) is 11.8. The monoisotopic (exact) mass is 336 g/mol. The van der Waals surface area contributed by atoms with Crippen molar-refractivity contribution in [2.24, 2.45) is 0 Å². The van der Waals surface area contributed by atoms with Crippen molar-refractivity contribution in [3.05, 3.63) is 54.0 Å². The number of amides is 1. The van der Waals surface area contributed by atoms with Crippen molar-refractivity contribution in [3.8, 4) is 11.9 Å². The Hall–Kier alpha value is -2.94. The van der Waals surface area contributed by atoms with Crippen LogP contribution >= 0.6 is 0 Å². The normalized spacial score (nSPS) is 17.8. The smallest absolute Gasteiger partial charge is 0.251 e. The largest absolute Gasteiger partial charge is 0.470 e. The standard InChI is InChI=1S/C19H20N4O2/c1-2-16(14-6-4-3-5-7-14)19(24)23-11-8-15(13-23)25-18-17(12-20)21-9-10-22-18/h3-7,9-10,15-16H,2,8,11,13H2,1H3/t15-,16+/m1/s1. The third-order valence-corrected chi connectivity index (χ3v) is 4.41. The molecule has 0 saturated carbocycles. The van der Waals surface area contributed by atoms with Gasteiger partial charge in [-0.3, -0.25) is 4.79 Å². The molecule has 1 amide bonds.